The Balaban J connectivity index is 0.000000183. The van der Waals surface area contributed by atoms with Gasteiger partial charge in [-0.3, -0.25) is 34.4 Å². The van der Waals surface area contributed by atoms with Crippen molar-refractivity contribution < 1.29 is 28.5 Å². The third kappa shape index (κ3) is 12.8. The van der Waals surface area contributed by atoms with Gasteiger partial charge < -0.3 is 47.9 Å². The van der Waals surface area contributed by atoms with Crippen molar-refractivity contribution in [2.75, 3.05) is 65.7 Å². The number of amides is 1. The first-order valence-corrected chi connectivity index (χ1v) is 25.7. The van der Waals surface area contributed by atoms with Crippen LogP contribution < -0.4 is 35.4 Å². The molecule has 0 saturated carbocycles. The van der Waals surface area contributed by atoms with Gasteiger partial charge in [-0.2, -0.15) is 0 Å². The zero-order chi connectivity index (χ0) is 51.2. The molecular weight excluding hydrogens is 929 g/mol. The van der Waals surface area contributed by atoms with Crippen LogP contribution in [-0.4, -0.2) is 133 Å². The van der Waals surface area contributed by atoms with Gasteiger partial charge in [-0.25, -0.2) is 4.79 Å². The molecule has 1 N–H and O–H groups in total. The van der Waals surface area contributed by atoms with Gasteiger partial charge in [0.2, 0.25) is 0 Å². The van der Waals surface area contributed by atoms with Crippen LogP contribution in [0.15, 0.2) is 70.8 Å². The van der Waals surface area contributed by atoms with Gasteiger partial charge in [-0.05, 0) is 122 Å². The number of fused-ring (bicyclic) bond motifs is 4. The third-order valence-electron chi connectivity index (χ3n) is 13.9. The second kappa shape index (κ2) is 22.6. The van der Waals surface area contributed by atoms with Crippen molar-refractivity contribution >= 4 is 28.2 Å². The number of carbonyl (C=O) groups excluding carboxylic acids is 1. The zero-order valence-corrected chi connectivity index (χ0v) is 43.4. The van der Waals surface area contributed by atoms with E-state index in [2.05, 4.69) is 41.1 Å². The van der Waals surface area contributed by atoms with Crippen molar-refractivity contribution in [3.05, 3.63) is 116 Å². The van der Waals surface area contributed by atoms with Crippen molar-refractivity contribution in [3.8, 4) is 23.0 Å². The Labute approximate surface area is 426 Å². The van der Waals surface area contributed by atoms with Crippen LogP contribution >= 0.6 is 0 Å². The molecule has 4 aliphatic rings. The highest BCUT2D eigenvalue weighted by molar-refractivity contribution is 5.79. The van der Waals surface area contributed by atoms with Crippen LogP contribution in [0, 0.1) is 27.7 Å². The van der Waals surface area contributed by atoms with E-state index in [1.165, 1.54) is 0 Å². The van der Waals surface area contributed by atoms with E-state index < -0.39 is 5.60 Å². The summed E-state index contributed by atoms with van der Waals surface area (Å²) in [6.07, 6.45) is 10.5. The molecular formula is C55H70N10O8. The minimum Gasteiger partial charge on any atom is -0.486 e. The van der Waals surface area contributed by atoms with Crippen LogP contribution in [0.4, 0.5) is 4.79 Å². The first-order valence-electron chi connectivity index (χ1n) is 25.7. The van der Waals surface area contributed by atoms with E-state index in [1.807, 2.05) is 88.2 Å². The fourth-order valence-electron chi connectivity index (χ4n) is 10.0. The van der Waals surface area contributed by atoms with Crippen LogP contribution in [0.3, 0.4) is 0 Å². The number of nitrogens with one attached hydrogen (secondary N) is 1. The number of hydrogen-bond acceptors (Lipinski definition) is 15. The highest BCUT2D eigenvalue weighted by Crippen LogP contribution is 2.32. The lowest BCUT2D eigenvalue weighted by Gasteiger charge is -2.39. The summed E-state index contributed by atoms with van der Waals surface area (Å²) in [5.41, 5.74) is 8.66. The largest absolute Gasteiger partial charge is 0.486 e. The third-order valence-corrected chi connectivity index (χ3v) is 13.9. The summed E-state index contributed by atoms with van der Waals surface area (Å²) in [4.78, 5) is 63.6. The lowest BCUT2D eigenvalue weighted by molar-refractivity contribution is 0.00528. The number of rotatable bonds is 12. The Bertz CT molecular complexity index is 3050. The number of pyridine rings is 6. The quantitative estimate of drug-likeness (QED) is 0.140. The van der Waals surface area contributed by atoms with Crippen molar-refractivity contribution in [3.63, 3.8) is 0 Å². The summed E-state index contributed by atoms with van der Waals surface area (Å²) in [6, 6.07) is 11.8. The zero-order valence-electron chi connectivity index (χ0n) is 43.4. The first-order chi connectivity index (χ1) is 35.1. The summed E-state index contributed by atoms with van der Waals surface area (Å²) < 4.78 is 32.0. The molecule has 388 valence electrons. The average Bonchev–Trinajstić information content (AvgIpc) is 3.37. The Hall–Kier alpha value is -6.63. The van der Waals surface area contributed by atoms with Crippen LogP contribution in [0.2, 0.25) is 0 Å². The fourth-order valence-corrected chi connectivity index (χ4v) is 10.0. The molecule has 10 heterocycles. The Morgan fingerprint density at radius 3 is 1.59 bits per heavy atom. The first kappa shape index (κ1) is 51.3. The van der Waals surface area contributed by atoms with Gasteiger partial charge in [-0.15, -0.1) is 0 Å². The van der Waals surface area contributed by atoms with Gasteiger partial charge in [0, 0.05) is 94.6 Å². The molecule has 0 aromatic carbocycles. The molecule has 10 rings (SSSR count). The summed E-state index contributed by atoms with van der Waals surface area (Å²) >= 11 is 0. The molecule has 0 bridgehead atoms. The van der Waals surface area contributed by atoms with Crippen LogP contribution in [0.5, 0.6) is 23.0 Å². The number of aromatic nitrogens is 6. The number of nitrogens with zero attached hydrogens (tertiary/aromatic N) is 9. The molecule has 18 heteroatoms. The van der Waals surface area contributed by atoms with Crippen molar-refractivity contribution in [1.29, 1.82) is 0 Å². The van der Waals surface area contributed by atoms with Crippen molar-refractivity contribution in [2.24, 2.45) is 0 Å². The molecule has 0 spiro atoms. The number of ether oxygens (including phenoxy) is 5. The normalized spacial score (nSPS) is 16.5. The number of hydrogen-bond donors (Lipinski definition) is 1. The van der Waals surface area contributed by atoms with E-state index in [1.54, 1.807) is 29.4 Å². The van der Waals surface area contributed by atoms with Crippen LogP contribution in [-0.2, 0) is 30.9 Å². The molecule has 1 amide bonds. The Morgan fingerprint density at radius 2 is 1.08 bits per heavy atom. The topological polar surface area (TPSA) is 181 Å². The Kier molecular flexibility index (Phi) is 15.9. The molecule has 0 radical (unpaired) electrons. The molecule has 73 heavy (non-hydrogen) atoms. The van der Waals surface area contributed by atoms with Gasteiger partial charge in [-0.1, -0.05) is 0 Å². The summed E-state index contributed by atoms with van der Waals surface area (Å²) in [6.45, 7) is 23.3. The monoisotopic (exact) mass is 999 g/mol. The molecule has 6 aromatic heterocycles. The number of likely N-dealkylation sites (tertiary alicyclic amines) is 2. The highest BCUT2D eigenvalue weighted by Gasteiger charge is 2.32. The standard InChI is InChI=1S/C30H39N5O5.C25H31N5O3/c1-20-14-24-28(32-17-20)21(2)15-27(36)34(24)11-10-33-8-6-23(7-9-33)35(29(37)40-30(3,4)5)19-22-16-25-26(18-31-22)39-13-12-38-25;1-17-11-21-25(28-14-17)18(2)12-24(31)30(21)8-7-29-5-3-19(4-6-29)26-15-20-13-22-23(16-27-20)33-10-9-32-22/h14-18,23H,6-13,19H2,1-5H3;11-14,16,19,26H,3-10,15H2,1-2H3. The van der Waals surface area contributed by atoms with Crippen LogP contribution in [0.1, 0.15) is 80.1 Å². The highest BCUT2D eigenvalue weighted by atomic mass is 16.6. The molecule has 4 aliphatic heterocycles. The second-order valence-corrected chi connectivity index (χ2v) is 20.7. The summed E-state index contributed by atoms with van der Waals surface area (Å²) in [5, 5.41) is 3.64. The number of carbonyl (C=O) groups is 1. The molecule has 18 nitrogen and oxygen atoms in total. The molecule has 2 saturated heterocycles. The van der Waals surface area contributed by atoms with E-state index in [-0.39, 0.29) is 23.3 Å². The number of piperidine rings is 2. The van der Waals surface area contributed by atoms with Crippen LogP contribution in [0.25, 0.3) is 22.1 Å². The molecule has 6 aromatic rings. The van der Waals surface area contributed by atoms with E-state index in [0.29, 0.717) is 63.6 Å². The van der Waals surface area contributed by atoms with Gasteiger partial charge in [0.1, 0.15) is 32.0 Å². The Morgan fingerprint density at radius 1 is 0.616 bits per heavy atom. The van der Waals surface area contributed by atoms with E-state index >= 15 is 0 Å². The summed E-state index contributed by atoms with van der Waals surface area (Å²) in [5.74, 6) is 2.79. The molecule has 2 fully saturated rings. The second-order valence-electron chi connectivity index (χ2n) is 20.7. The van der Waals surface area contributed by atoms with Gasteiger partial charge in [0.25, 0.3) is 11.1 Å². The number of aryl methyl sites for hydroxylation is 4. The maximum atomic E-state index is 13.3. The smallest absolute Gasteiger partial charge is 0.410 e. The molecule has 0 atom stereocenters. The van der Waals surface area contributed by atoms with E-state index in [0.717, 1.165) is 139 Å². The fraction of sp³-hybridized carbons (Fsp3) is 0.509. The van der Waals surface area contributed by atoms with Gasteiger partial charge >= 0.3 is 6.09 Å². The average molecular weight is 999 g/mol. The minimum absolute atomic E-state index is 0.00434. The maximum Gasteiger partial charge on any atom is 0.410 e. The molecule has 0 unspecified atom stereocenters. The SMILES string of the molecule is Cc1cnc2c(C)cc(=O)n(CCN3CCC(N(Cc4cc5c(cn4)OCCO5)C(=O)OC(C)(C)C)CC3)c2c1.Cc1cnc2c(C)cc(=O)n(CCN3CCC(NCc4cc5c(cn4)OCCO5)CC3)c2c1. The van der Waals surface area contributed by atoms with Gasteiger partial charge in [0.05, 0.1) is 52.4 Å². The van der Waals surface area contributed by atoms with Gasteiger partial charge in [0.15, 0.2) is 23.0 Å². The summed E-state index contributed by atoms with van der Waals surface area (Å²) in [7, 11) is 0. The lowest BCUT2D eigenvalue weighted by Crippen LogP contribution is -2.49. The van der Waals surface area contributed by atoms with Crippen molar-refractivity contribution in [2.45, 2.75) is 118 Å². The predicted molar refractivity (Wildman–Crippen MR) is 279 cm³/mol. The predicted octanol–water partition coefficient (Wildman–Crippen LogP) is 6.51. The lowest BCUT2D eigenvalue weighted by atomic mass is 10.0. The molecule has 0 aliphatic carbocycles. The van der Waals surface area contributed by atoms with E-state index in [4.69, 9.17) is 23.7 Å². The minimum atomic E-state index is -0.604. The van der Waals surface area contributed by atoms with E-state index in [9.17, 15) is 14.4 Å². The van der Waals surface area contributed by atoms with Crippen molar-refractivity contribution in [1.82, 2.24) is 49.1 Å². The maximum absolute atomic E-state index is 13.3.